The number of rotatable bonds is 5. The third-order valence-corrected chi connectivity index (χ3v) is 3.98. The quantitative estimate of drug-likeness (QED) is 0.871. The van der Waals surface area contributed by atoms with Gasteiger partial charge in [0.2, 0.25) is 0 Å². The number of aromatic nitrogens is 1. The zero-order valence-electron chi connectivity index (χ0n) is 10.2. The summed E-state index contributed by atoms with van der Waals surface area (Å²) < 4.78 is 0. The first kappa shape index (κ1) is 12.4. The van der Waals surface area contributed by atoms with Gasteiger partial charge in [-0.05, 0) is 30.5 Å². The lowest BCUT2D eigenvalue weighted by molar-refractivity contribution is 0.753. The number of thioether (sulfide) groups is 1. The van der Waals surface area contributed by atoms with Gasteiger partial charge in [0.15, 0.2) is 5.17 Å². The molecule has 1 atom stereocenters. The molecule has 4 heteroatoms. The molecule has 0 radical (unpaired) electrons. The molecule has 0 bridgehead atoms. The Bertz CT molecular complexity index is 364. The van der Waals surface area contributed by atoms with Crippen molar-refractivity contribution in [1.82, 2.24) is 10.3 Å². The molecule has 0 aliphatic carbocycles. The van der Waals surface area contributed by atoms with E-state index in [1.165, 1.54) is 18.4 Å². The summed E-state index contributed by atoms with van der Waals surface area (Å²) in [6.07, 6.45) is 7.23. The Balaban J connectivity index is 1.67. The standard InChI is InChI=1S/C13H19N3S/c1-2-3-12-10-16-13(17-12)15-9-6-11-4-7-14-8-5-11/h4-5,7-8,12H,2-3,6,9-10H2,1H3,(H,15,16). The van der Waals surface area contributed by atoms with Crippen molar-refractivity contribution in [3.05, 3.63) is 30.1 Å². The Hall–Kier alpha value is -1.03. The topological polar surface area (TPSA) is 37.3 Å². The molecule has 0 saturated heterocycles. The van der Waals surface area contributed by atoms with Gasteiger partial charge in [0.25, 0.3) is 0 Å². The molecule has 92 valence electrons. The number of pyridine rings is 1. The van der Waals surface area contributed by atoms with E-state index in [0.717, 1.165) is 24.7 Å². The first-order valence-electron chi connectivity index (χ1n) is 6.22. The van der Waals surface area contributed by atoms with E-state index in [0.29, 0.717) is 5.25 Å². The minimum Gasteiger partial charge on any atom is -0.365 e. The van der Waals surface area contributed by atoms with Gasteiger partial charge in [-0.25, -0.2) is 0 Å². The molecule has 0 amide bonds. The minimum atomic E-state index is 0.698. The zero-order valence-corrected chi connectivity index (χ0v) is 11.0. The molecule has 17 heavy (non-hydrogen) atoms. The molecule has 0 fully saturated rings. The highest BCUT2D eigenvalue weighted by Gasteiger charge is 2.17. The van der Waals surface area contributed by atoms with Gasteiger partial charge in [0.1, 0.15) is 0 Å². The maximum absolute atomic E-state index is 4.52. The second kappa shape index (κ2) is 6.64. The largest absolute Gasteiger partial charge is 0.365 e. The molecule has 2 rings (SSSR count). The van der Waals surface area contributed by atoms with Crippen LogP contribution in [-0.4, -0.2) is 28.5 Å². The summed E-state index contributed by atoms with van der Waals surface area (Å²) in [5.41, 5.74) is 1.32. The number of hydrogen-bond donors (Lipinski definition) is 1. The summed E-state index contributed by atoms with van der Waals surface area (Å²) in [6.45, 7) is 4.17. The predicted molar refractivity (Wildman–Crippen MR) is 74.5 cm³/mol. The van der Waals surface area contributed by atoms with Crippen LogP contribution in [0.1, 0.15) is 25.3 Å². The summed E-state index contributed by atoms with van der Waals surface area (Å²) in [5, 5.41) is 5.23. The van der Waals surface area contributed by atoms with Gasteiger partial charge in [-0.3, -0.25) is 9.98 Å². The Morgan fingerprint density at radius 2 is 2.24 bits per heavy atom. The highest BCUT2D eigenvalue weighted by molar-refractivity contribution is 8.14. The summed E-state index contributed by atoms with van der Waals surface area (Å²) in [5.74, 6) is 0. The fraction of sp³-hybridized carbons (Fsp3) is 0.538. The molecule has 0 spiro atoms. The van der Waals surface area contributed by atoms with E-state index < -0.39 is 0 Å². The first-order valence-corrected chi connectivity index (χ1v) is 7.10. The van der Waals surface area contributed by atoms with Crippen molar-refractivity contribution < 1.29 is 0 Å². The number of nitrogens with one attached hydrogen (secondary N) is 1. The molecule has 1 aliphatic rings. The van der Waals surface area contributed by atoms with Crippen LogP contribution in [0, 0.1) is 0 Å². The van der Waals surface area contributed by atoms with E-state index >= 15 is 0 Å². The van der Waals surface area contributed by atoms with E-state index in [4.69, 9.17) is 0 Å². The molecule has 1 aliphatic heterocycles. The van der Waals surface area contributed by atoms with Crippen LogP contribution < -0.4 is 5.32 Å². The van der Waals surface area contributed by atoms with Crippen LogP contribution in [0.25, 0.3) is 0 Å². The fourth-order valence-electron chi connectivity index (χ4n) is 1.85. The van der Waals surface area contributed by atoms with Crippen LogP contribution in [0.2, 0.25) is 0 Å². The smallest absolute Gasteiger partial charge is 0.156 e. The van der Waals surface area contributed by atoms with Gasteiger partial charge >= 0.3 is 0 Å². The number of hydrogen-bond acceptors (Lipinski definition) is 4. The lowest BCUT2D eigenvalue weighted by Crippen LogP contribution is -2.22. The fourth-order valence-corrected chi connectivity index (χ4v) is 3.00. The maximum atomic E-state index is 4.52. The van der Waals surface area contributed by atoms with Gasteiger partial charge in [-0.1, -0.05) is 25.1 Å². The van der Waals surface area contributed by atoms with E-state index in [2.05, 4.69) is 34.3 Å². The Labute approximate surface area is 107 Å². The van der Waals surface area contributed by atoms with Crippen LogP contribution in [0.4, 0.5) is 0 Å². The lowest BCUT2D eigenvalue weighted by Gasteiger charge is -2.07. The molecule has 0 saturated carbocycles. The molecule has 1 aromatic heterocycles. The predicted octanol–water partition coefficient (Wildman–Crippen LogP) is 2.49. The third-order valence-electron chi connectivity index (χ3n) is 2.77. The van der Waals surface area contributed by atoms with Crippen molar-refractivity contribution in [3.8, 4) is 0 Å². The number of aliphatic imine (C=N–C) groups is 1. The minimum absolute atomic E-state index is 0.698. The summed E-state index contributed by atoms with van der Waals surface area (Å²) in [6, 6.07) is 4.12. The second-order valence-corrected chi connectivity index (χ2v) is 5.50. The van der Waals surface area contributed by atoms with Crippen LogP contribution in [0.15, 0.2) is 29.5 Å². The number of nitrogens with zero attached hydrogens (tertiary/aromatic N) is 2. The number of amidine groups is 1. The summed E-state index contributed by atoms with van der Waals surface area (Å²) >= 11 is 1.90. The van der Waals surface area contributed by atoms with Crippen molar-refractivity contribution in [2.75, 3.05) is 13.1 Å². The highest BCUT2D eigenvalue weighted by atomic mass is 32.2. The Morgan fingerprint density at radius 3 is 3.00 bits per heavy atom. The van der Waals surface area contributed by atoms with Crippen LogP contribution >= 0.6 is 11.8 Å². The molecular weight excluding hydrogens is 230 g/mol. The van der Waals surface area contributed by atoms with Crippen molar-refractivity contribution in [2.24, 2.45) is 4.99 Å². The molecule has 3 nitrogen and oxygen atoms in total. The van der Waals surface area contributed by atoms with Crippen molar-refractivity contribution in [1.29, 1.82) is 0 Å². The van der Waals surface area contributed by atoms with Crippen LogP contribution in [-0.2, 0) is 6.42 Å². The summed E-state index contributed by atoms with van der Waals surface area (Å²) in [7, 11) is 0. The SMILES string of the molecule is CCCC1CN=C(NCCc2ccncc2)S1. The van der Waals surface area contributed by atoms with Gasteiger partial charge in [0, 0.05) is 24.2 Å². The average Bonchev–Trinajstić information content (AvgIpc) is 2.79. The Morgan fingerprint density at radius 1 is 1.41 bits per heavy atom. The molecular formula is C13H19N3S. The second-order valence-electron chi connectivity index (χ2n) is 4.21. The Kier molecular flexibility index (Phi) is 4.86. The van der Waals surface area contributed by atoms with Crippen molar-refractivity contribution in [3.63, 3.8) is 0 Å². The van der Waals surface area contributed by atoms with Crippen LogP contribution in [0.5, 0.6) is 0 Å². The van der Waals surface area contributed by atoms with Crippen LogP contribution in [0.3, 0.4) is 0 Å². The molecule has 0 aromatic carbocycles. The van der Waals surface area contributed by atoms with Gasteiger partial charge in [0.05, 0.1) is 6.54 Å². The average molecular weight is 249 g/mol. The normalized spacial score (nSPS) is 19.1. The lowest BCUT2D eigenvalue weighted by atomic mass is 10.2. The molecule has 1 N–H and O–H groups in total. The third kappa shape index (κ3) is 4.04. The van der Waals surface area contributed by atoms with Gasteiger partial charge < -0.3 is 5.32 Å². The van der Waals surface area contributed by atoms with Gasteiger partial charge in [-0.2, -0.15) is 0 Å². The van der Waals surface area contributed by atoms with E-state index in [9.17, 15) is 0 Å². The summed E-state index contributed by atoms with van der Waals surface area (Å²) in [4.78, 5) is 8.54. The molecule has 2 heterocycles. The molecule has 1 aromatic rings. The van der Waals surface area contributed by atoms with E-state index in [1.54, 1.807) is 0 Å². The van der Waals surface area contributed by atoms with E-state index in [1.807, 2.05) is 24.2 Å². The maximum Gasteiger partial charge on any atom is 0.156 e. The van der Waals surface area contributed by atoms with Crippen molar-refractivity contribution in [2.45, 2.75) is 31.4 Å². The molecule has 1 unspecified atom stereocenters. The van der Waals surface area contributed by atoms with Gasteiger partial charge in [-0.15, -0.1) is 0 Å². The zero-order chi connectivity index (χ0) is 11.9. The van der Waals surface area contributed by atoms with E-state index in [-0.39, 0.29) is 0 Å². The first-order chi connectivity index (χ1) is 8.38. The van der Waals surface area contributed by atoms with Crippen molar-refractivity contribution >= 4 is 16.9 Å². The monoisotopic (exact) mass is 249 g/mol. The highest BCUT2D eigenvalue weighted by Crippen LogP contribution is 2.23.